The van der Waals surface area contributed by atoms with E-state index in [2.05, 4.69) is 24.4 Å². The lowest BCUT2D eigenvalue weighted by Gasteiger charge is -2.08. The lowest BCUT2D eigenvalue weighted by Crippen LogP contribution is -2.13. The summed E-state index contributed by atoms with van der Waals surface area (Å²) in [6, 6.07) is 14.1. The Hall–Kier alpha value is -2.20. The molecule has 116 valence electrons. The zero-order valence-corrected chi connectivity index (χ0v) is 12.8. The molecule has 0 bridgehead atoms. The number of hydrogen-bond acceptors (Lipinski definition) is 4. The zero-order valence-electron chi connectivity index (χ0n) is 12.8. The first-order valence-electron chi connectivity index (χ1n) is 7.66. The fraction of sp³-hybridized carbons (Fsp3) is 0.333. The summed E-state index contributed by atoms with van der Waals surface area (Å²) in [4.78, 5) is 0. The molecule has 22 heavy (non-hydrogen) atoms. The third kappa shape index (κ3) is 3.71. The lowest BCUT2D eigenvalue weighted by molar-refractivity contribution is 0.174. The average molecular weight is 299 g/mol. The van der Waals surface area contributed by atoms with Crippen LogP contribution in [0.4, 0.5) is 0 Å². The summed E-state index contributed by atoms with van der Waals surface area (Å²) in [7, 11) is 0. The zero-order chi connectivity index (χ0) is 15.2. The van der Waals surface area contributed by atoms with Gasteiger partial charge in [-0.1, -0.05) is 25.1 Å². The Bertz CT molecular complexity index is 610. The van der Waals surface area contributed by atoms with Crippen LogP contribution >= 0.6 is 0 Å². The molecule has 0 unspecified atom stereocenters. The summed E-state index contributed by atoms with van der Waals surface area (Å²) in [6.45, 7) is 4.93. The van der Waals surface area contributed by atoms with Gasteiger partial charge in [0.2, 0.25) is 6.79 Å². The molecule has 4 nitrogen and oxygen atoms in total. The van der Waals surface area contributed by atoms with Crippen molar-refractivity contribution in [1.29, 1.82) is 0 Å². The Morgan fingerprint density at radius 3 is 2.59 bits per heavy atom. The SMILES string of the molecule is CCCNCc1ccc(OCc2ccc3c(c2)OCO3)cc1. The molecule has 0 aliphatic carbocycles. The molecule has 0 aromatic heterocycles. The Kier molecular flexibility index (Phi) is 4.81. The first-order valence-corrected chi connectivity index (χ1v) is 7.66. The maximum absolute atomic E-state index is 5.82. The average Bonchev–Trinajstić information content (AvgIpc) is 3.02. The second kappa shape index (κ2) is 7.18. The van der Waals surface area contributed by atoms with Crippen molar-refractivity contribution in [3.8, 4) is 17.2 Å². The van der Waals surface area contributed by atoms with Crippen LogP contribution in [0.2, 0.25) is 0 Å². The van der Waals surface area contributed by atoms with E-state index in [0.717, 1.165) is 42.3 Å². The molecule has 1 aliphatic heterocycles. The number of benzene rings is 2. The van der Waals surface area contributed by atoms with Gasteiger partial charge in [0.1, 0.15) is 12.4 Å². The molecule has 1 aliphatic rings. The minimum atomic E-state index is 0.299. The molecule has 0 saturated carbocycles. The largest absolute Gasteiger partial charge is 0.489 e. The Labute approximate surface area is 131 Å². The summed E-state index contributed by atoms with van der Waals surface area (Å²) < 4.78 is 16.5. The molecule has 4 heteroatoms. The van der Waals surface area contributed by atoms with Gasteiger partial charge in [-0.3, -0.25) is 0 Å². The van der Waals surface area contributed by atoms with Crippen molar-refractivity contribution in [1.82, 2.24) is 5.32 Å². The van der Waals surface area contributed by atoms with E-state index in [0.29, 0.717) is 13.4 Å². The van der Waals surface area contributed by atoms with E-state index in [-0.39, 0.29) is 0 Å². The third-order valence-corrected chi connectivity index (χ3v) is 3.52. The van der Waals surface area contributed by atoms with Crippen LogP contribution in [0.3, 0.4) is 0 Å². The predicted molar refractivity (Wildman–Crippen MR) is 85.3 cm³/mol. The molecule has 2 aromatic rings. The van der Waals surface area contributed by atoms with Gasteiger partial charge in [0.05, 0.1) is 0 Å². The van der Waals surface area contributed by atoms with Gasteiger partial charge in [0.25, 0.3) is 0 Å². The molecular weight excluding hydrogens is 278 g/mol. The van der Waals surface area contributed by atoms with Gasteiger partial charge in [-0.15, -0.1) is 0 Å². The quantitative estimate of drug-likeness (QED) is 0.794. The molecule has 1 N–H and O–H groups in total. The van der Waals surface area contributed by atoms with Crippen LogP contribution in [0, 0.1) is 0 Å². The van der Waals surface area contributed by atoms with Crippen LogP contribution < -0.4 is 19.5 Å². The molecule has 0 atom stereocenters. The number of fused-ring (bicyclic) bond motifs is 1. The van der Waals surface area contributed by atoms with Crippen LogP contribution in [0.15, 0.2) is 42.5 Å². The maximum atomic E-state index is 5.82. The van der Waals surface area contributed by atoms with E-state index in [4.69, 9.17) is 14.2 Å². The molecule has 0 fully saturated rings. The van der Waals surface area contributed by atoms with Crippen molar-refractivity contribution in [3.05, 3.63) is 53.6 Å². The Balaban J connectivity index is 1.53. The fourth-order valence-corrected chi connectivity index (χ4v) is 2.31. The van der Waals surface area contributed by atoms with E-state index >= 15 is 0 Å². The summed E-state index contributed by atoms with van der Waals surface area (Å²) in [5, 5.41) is 3.39. The van der Waals surface area contributed by atoms with Crippen molar-refractivity contribution in [2.24, 2.45) is 0 Å². The van der Waals surface area contributed by atoms with Gasteiger partial charge in [-0.25, -0.2) is 0 Å². The number of ether oxygens (including phenoxy) is 3. The minimum absolute atomic E-state index is 0.299. The smallest absolute Gasteiger partial charge is 0.231 e. The lowest BCUT2D eigenvalue weighted by atomic mass is 10.2. The first-order chi connectivity index (χ1) is 10.8. The first kappa shape index (κ1) is 14.7. The van der Waals surface area contributed by atoms with Gasteiger partial charge in [0.15, 0.2) is 11.5 Å². The number of hydrogen-bond donors (Lipinski definition) is 1. The normalized spacial score (nSPS) is 12.4. The molecule has 0 amide bonds. The van der Waals surface area contributed by atoms with E-state index in [1.54, 1.807) is 0 Å². The molecule has 0 saturated heterocycles. The highest BCUT2D eigenvalue weighted by Gasteiger charge is 2.13. The van der Waals surface area contributed by atoms with E-state index < -0.39 is 0 Å². The van der Waals surface area contributed by atoms with Crippen LogP contribution in [0.25, 0.3) is 0 Å². The van der Waals surface area contributed by atoms with Crippen molar-refractivity contribution >= 4 is 0 Å². The van der Waals surface area contributed by atoms with Crippen molar-refractivity contribution in [2.75, 3.05) is 13.3 Å². The topological polar surface area (TPSA) is 39.7 Å². The van der Waals surface area contributed by atoms with Gasteiger partial charge >= 0.3 is 0 Å². The molecular formula is C18H21NO3. The van der Waals surface area contributed by atoms with Gasteiger partial charge in [-0.05, 0) is 48.4 Å². The highest BCUT2D eigenvalue weighted by molar-refractivity contribution is 5.44. The van der Waals surface area contributed by atoms with E-state index in [1.807, 2.05) is 30.3 Å². The van der Waals surface area contributed by atoms with Crippen LogP contribution in [0.5, 0.6) is 17.2 Å². The Morgan fingerprint density at radius 2 is 1.77 bits per heavy atom. The molecule has 0 spiro atoms. The van der Waals surface area contributed by atoms with Gasteiger partial charge in [0, 0.05) is 6.54 Å². The third-order valence-electron chi connectivity index (χ3n) is 3.52. The van der Waals surface area contributed by atoms with Crippen molar-refractivity contribution in [2.45, 2.75) is 26.5 Å². The summed E-state index contributed by atoms with van der Waals surface area (Å²) >= 11 is 0. The second-order valence-corrected chi connectivity index (χ2v) is 5.30. The number of nitrogens with one attached hydrogen (secondary N) is 1. The van der Waals surface area contributed by atoms with Crippen LogP contribution in [0.1, 0.15) is 24.5 Å². The highest BCUT2D eigenvalue weighted by Crippen LogP contribution is 2.32. The van der Waals surface area contributed by atoms with Crippen molar-refractivity contribution < 1.29 is 14.2 Å². The molecule has 2 aromatic carbocycles. The van der Waals surface area contributed by atoms with Gasteiger partial charge < -0.3 is 19.5 Å². The summed E-state index contributed by atoms with van der Waals surface area (Å²) in [5.74, 6) is 2.46. The van der Waals surface area contributed by atoms with Crippen LogP contribution in [-0.2, 0) is 13.2 Å². The minimum Gasteiger partial charge on any atom is -0.489 e. The van der Waals surface area contributed by atoms with E-state index in [1.165, 1.54) is 5.56 Å². The van der Waals surface area contributed by atoms with Crippen molar-refractivity contribution in [3.63, 3.8) is 0 Å². The standard InChI is InChI=1S/C18H21NO3/c1-2-9-19-11-14-3-6-16(7-4-14)20-12-15-5-8-17-18(10-15)22-13-21-17/h3-8,10,19H,2,9,11-13H2,1H3. The van der Waals surface area contributed by atoms with Crippen LogP contribution in [-0.4, -0.2) is 13.3 Å². The summed E-state index contributed by atoms with van der Waals surface area (Å²) in [6.07, 6.45) is 1.15. The maximum Gasteiger partial charge on any atom is 0.231 e. The monoisotopic (exact) mass is 299 g/mol. The van der Waals surface area contributed by atoms with E-state index in [9.17, 15) is 0 Å². The Morgan fingerprint density at radius 1 is 1.00 bits per heavy atom. The fourth-order valence-electron chi connectivity index (χ4n) is 2.31. The van der Waals surface area contributed by atoms with Gasteiger partial charge in [-0.2, -0.15) is 0 Å². The second-order valence-electron chi connectivity index (χ2n) is 5.30. The molecule has 1 heterocycles. The predicted octanol–water partition coefficient (Wildman–Crippen LogP) is 3.49. The highest BCUT2D eigenvalue weighted by atomic mass is 16.7. The summed E-state index contributed by atoms with van der Waals surface area (Å²) in [5.41, 5.74) is 2.34. The molecule has 3 rings (SSSR count). The number of rotatable bonds is 7. The molecule has 0 radical (unpaired) electrons.